The second kappa shape index (κ2) is 52.7. The Balaban J connectivity index is 4.53. The van der Waals surface area contributed by atoms with Gasteiger partial charge < -0.3 is 14.2 Å². The molecule has 0 aliphatic carbocycles. The van der Waals surface area contributed by atoms with Crippen LogP contribution in [0.1, 0.15) is 226 Å². The zero-order chi connectivity index (χ0) is 47.2. The van der Waals surface area contributed by atoms with Gasteiger partial charge in [-0.25, -0.2) is 0 Å². The highest BCUT2D eigenvalue weighted by Gasteiger charge is 2.19. The first-order valence-corrected chi connectivity index (χ1v) is 26.4. The Morgan fingerprint density at radius 3 is 1.02 bits per heavy atom. The van der Waals surface area contributed by atoms with E-state index in [9.17, 15) is 14.4 Å². The number of rotatable bonds is 46. The predicted molar refractivity (Wildman–Crippen MR) is 279 cm³/mol. The Kier molecular flexibility index (Phi) is 49.5. The van der Waals surface area contributed by atoms with Gasteiger partial charge in [0.05, 0.1) is 0 Å². The molecule has 0 radical (unpaired) electrons. The van der Waals surface area contributed by atoms with Crippen LogP contribution in [0.5, 0.6) is 0 Å². The van der Waals surface area contributed by atoms with Crippen LogP contribution in [0, 0.1) is 0 Å². The van der Waals surface area contributed by atoms with E-state index in [0.29, 0.717) is 19.3 Å². The molecule has 0 heterocycles. The second-order valence-corrected chi connectivity index (χ2v) is 17.0. The first-order valence-electron chi connectivity index (χ1n) is 26.4. The Morgan fingerprint density at radius 1 is 0.323 bits per heavy atom. The highest BCUT2D eigenvalue weighted by molar-refractivity contribution is 5.71. The minimum atomic E-state index is -0.814. The van der Waals surface area contributed by atoms with Gasteiger partial charge in [-0.3, -0.25) is 14.4 Å². The summed E-state index contributed by atoms with van der Waals surface area (Å²) in [5, 5.41) is 0. The van der Waals surface area contributed by atoms with Crippen LogP contribution < -0.4 is 0 Å². The van der Waals surface area contributed by atoms with Gasteiger partial charge >= 0.3 is 17.9 Å². The molecule has 0 aromatic heterocycles. The predicted octanol–water partition coefficient (Wildman–Crippen LogP) is 17.5. The van der Waals surface area contributed by atoms with E-state index >= 15 is 0 Å². The Morgan fingerprint density at radius 2 is 0.615 bits per heavy atom. The van der Waals surface area contributed by atoms with Crippen LogP contribution in [0.25, 0.3) is 0 Å². The fourth-order valence-corrected chi connectivity index (χ4v) is 6.84. The Labute approximate surface area is 400 Å². The Bertz CT molecular complexity index is 1360. The van der Waals surface area contributed by atoms with E-state index in [4.69, 9.17) is 14.2 Å². The Hall–Kier alpha value is -3.93. The average Bonchev–Trinajstić information content (AvgIpc) is 3.30. The van der Waals surface area contributed by atoms with Crippen molar-refractivity contribution in [3.8, 4) is 0 Å². The minimum absolute atomic E-state index is 0.110. The fraction of sp³-hybridized carbons (Fsp3) is 0.644. The van der Waals surface area contributed by atoms with Crippen molar-refractivity contribution in [1.82, 2.24) is 0 Å². The van der Waals surface area contributed by atoms with Gasteiger partial charge in [0.15, 0.2) is 6.10 Å². The standard InChI is InChI=1S/C59H96O6/c1-4-7-10-13-16-19-22-25-28-29-32-34-37-40-43-46-49-52-58(61)64-55-56(65-59(62)53-50-47-44-41-38-35-31-27-24-21-18-15-12-9-6-3)54-63-57(60)51-48-45-42-39-36-33-30-26-23-20-17-14-11-8-5-2/h7-8,10-11,16-17,19-20,25-28,30-32,34,40,43,56H,4-6,9,12-15,18,21-24,29,33,35-39,41-42,44-55H2,1-3H3/b10-7-,11-8-,19-16-,20-17-,28-25-,30-26-,31-27-,34-32-,43-40-/t56-/m0/s1. The van der Waals surface area contributed by atoms with Crippen LogP contribution in [0.15, 0.2) is 109 Å². The van der Waals surface area contributed by atoms with Gasteiger partial charge in [0, 0.05) is 19.3 Å². The lowest BCUT2D eigenvalue weighted by Crippen LogP contribution is -2.30. The van der Waals surface area contributed by atoms with Crippen molar-refractivity contribution in [1.29, 1.82) is 0 Å². The molecule has 0 bridgehead atoms. The van der Waals surface area contributed by atoms with Crippen LogP contribution in [-0.2, 0) is 28.6 Å². The van der Waals surface area contributed by atoms with Gasteiger partial charge in [-0.2, -0.15) is 0 Å². The number of allylic oxidation sites excluding steroid dienone is 18. The highest BCUT2D eigenvalue weighted by Crippen LogP contribution is 2.13. The van der Waals surface area contributed by atoms with E-state index in [-0.39, 0.29) is 37.5 Å². The number of unbranched alkanes of at least 4 members (excludes halogenated alkanes) is 17. The summed E-state index contributed by atoms with van der Waals surface area (Å²) in [7, 11) is 0. The number of ether oxygens (including phenoxy) is 3. The summed E-state index contributed by atoms with van der Waals surface area (Å²) >= 11 is 0. The van der Waals surface area contributed by atoms with Crippen molar-refractivity contribution in [2.24, 2.45) is 0 Å². The first kappa shape index (κ1) is 61.1. The summed E-state index contributed by atoms with van der Waals surface area (Å²) in [5.74, 6) is -0.998. The maximum atomic E-state index is 12.8. The van der Waals surface area contributed by atoms with Crippen LogP contribution in [0.4, 0.5) is 0 Å². The lowest BCUT2D eigenvalue weighted by molar-refractivity contribution is -0.167. The van der Waals surface area contributed by atoms with E-state index in [1.54, 1.807) is 0 Å². The van der Waals surface area contributed by atoms with Crippen molar-refractivity contribution in [2.75, 3.05) is 13.2 Å². The minimum Gasteiger partial charge on any atom is -0.462 e. The zero-order valence-electron chi connectivity index (χ0n) is 42.0. The quantitative estimate of drug-likeness (QED) is 0.0262. The van der Waals surface area contributed by atoms with Gasteiger partial charge in [-0.1, -0.05) is 201 Å². The molecule has 0 saturated carbocycles. The number of hydrogen-bond acceptors (Lipinski definition) is 6. The van der Waals surface area contributed by atoms with Gasteiger partial charge in [-0.15, -0.1) is 0 Å². The summed E-state index contributed by atoms with van der Waals surface area (Å²) in [6, 6.07) is 0. The van der Waals surface area contributed by atoms with E-state index < -0.39 is 6.10 Å². The molecule has 0 rings (SSSR count). The smallest absolute Gasteiger partial charge is 0.306 e. The topological polar surface area (TPSA) is 78.9 Å². The lowest BCUT2D eigenvalue weighted by Gasteiger charge is -2.18. The summed E-state index contributed by atoms with van der Waals surface area (Å²) < 4.78 is 16.7. The molecule has 65 heavy (non-hydrogen) atoms. The third-order valence-corrected chi connectivity index (χ3v) is 10.7. The number of carbonyl (C=O) groups is 3. The monoisotopic (exact) mass is 901 g/mol. The molecule has 1 atom stereocenters. The highest BCUT2D eigenvalue weighted by atomic mass is 16.6. The number of hydrogen-bond donors (Lipinski definition) is 0. The van der Waals surface area contributed by atoms with Crippen LogP contribution >= 0.6 is 0 Å². The summed E-state index contributed by atoms with van der Waals surface area (Å²) in [6.45, 7) is 6.33. The molecule has 0 aromatic rings. The maximum Gasteiger partial charge on any atom is 0.306 e. The maximum absolute atomic E-state index is 12.8. The van der Waals surface area contributed by atoms with Crippen molar-refractivity contribution in [3.63, 3.8) is 0 Å². The van der Waals surface area contributed by atoms with E-state index in [0.717, 1.165) is 128 Å². The van der Waals surface area contributed by atoms with Gasteiger partial charge in [0.1, 0.15) is 13.2 Å². The van der Waals surface area contributed by atoms with Crippen molar-refractivity contribution in [2.45, 2.75) is 232 Å². The zero-order valence-corrected chi connectivity index (χ0v) is 42.0. The van der Waals surface area contributed by atoms with Gasteiger partial charge in [0.25, 0.3) is 0 Å². The molecule has 0 aliphatic heterocycles. The van der Waals surface area contributed by atoms with Gasteiger partial charge in [0.2, 0.25) is 0 Å². The van der Waals surface area contributed by atoms with Gasteiger partial charge in [-0.05, 0) is 116 Å². The summed E-state index contributed by atoms with van der Waals surface area (Å²) in [5.41, 5.74) is 0. The van der Waals surface area contributed by atoms with Crippen LogP contribution in [0.2, 0.25) is 0 Å². The van der Waals surface area contributed by atoms with Crippen molar-refractivity contribution >= 4 is 17.9 Å². The molecule has 0 fully saturated rings. The van der Waals surface area contributed by atoms with Crippen molar-refractivity contribution < 1.29 is 28.6 Å². The first-order chi connectivity index (χ1) is 32.0. The molecule has 0 aliphatic rings. The molecule has 368 valence electrons. The SMILES string of the molecule is CC/C=C\C/C=C\C/C=C\C/C=C\C/C=C\CCCC(=O)OC[C@H](COC(=O)CCCCCCC/C=C\C/C=C\C/C=C\CC)OC(=O)CCCCCCC/C=C\CCCCCCCC. The van der Waals surface area contributed by atoms with Crippen molar-refractivity contribution in [3.05, 3.63) is 109 Å². The molecular weight excluding hydrogens is 805 g/mol. The molecule has 6 nitrogen and oxygen atoms in total. The molecule has 6 heteroatoms. The summed E-state index contributed by atoms with van der Waals surface area (Å²) in [6.07, 6.45) is 70.7. The summed E-state index contributed by atoms with van der Waals surface area (Å²) in [4.78, 5) is 38.0. The fourth-order valence-electron chi connectivity index (χ4n) is 6.84. The van der Waals surface area contributed by atoms with E-state index in [2.05, 4.69) is 130 Å². The molecule has 0 N–H and O–H groups in total. The van der Waals surface area contributed by atoms with E-state index in [1.807, 2.05) is 0 Å². The number of carbonyl (C=O) groups excluding carboxylic acids is 3. The van der Waals surface area contributed by atoms with Crippen LogP contribution in [-0.4, -0.2) is 37.2 Å². The third-order valence-electron chi connectivity index (χ3n) is 10.7. The third kappa shape index (κ3) is 50.9. The second-order valence-electron chi connectivity index (χ2n) is 17.0. The molecule has 0 aromatic carbocycles. The molecule has 0 spiro atoms. The van der Waals surface area contributed by atoms with Crippen LogP contribution in [0.3, 0.4) is 0 Å². The molecule has 0 amide bonds. The molecule has 0 unspecified atom stereocenters. The lowest BCUT2D eigenvalue weighted by atomic mass is 10.1. The largest absolute Gasteiger partial charge is 0.462 e. The number of esters is 3. The molecular formula is C59H96O6. The molecule has 0 saturated heterocycles. The average molecular weight is 901 g/mol. The van der Waals surface area contributed by atoms with E-state index in [1.165, 1.54) is 51.4 Å². The normalized spacial score (nSPS) is 13.0.